The van der Waals surface area contributed by atoms with Crippen LogP contribution in [0.15, 0.2) is 53.9 Å². The summed E-state index contributed by atoms with van der Waals surface area (Å²) < 4.78 is 10.9. The maximum atomic E-state index is 12.3. The molecule has 0 bridgehead atoms. The second-order valence-corrected chi connectivity index (χ2v) is 7.64. The van der Waals surface area contributed by atoms with Crippen LogP contribution in [0.1, 0.15) is 33.5 Å². The van der Waals surface area contributed by atoms with Crippen LogP contribution in [-0.4, -0.2) is 23.0 Å². The highest BCUT2D eigenvalue weighted by atomic mass is 32.1. The first-order valence-electron chi connectivity index (χ1n) is 9.13. The van der Waals surface area contributed by atoms with E-state index in [0.717, 1.165) is 16.3 Å². The van der Waals surface area contributed by atoms with Crippen LogP contribution in [-0.2, 0) is 16.1 Å². The van der Waals surface area contributed by atoms with Crippen molar-refractivity contribution in [2.45, 2.75) is 33.5 Å². The number of hydrogen-bond acceptors (Lipinski definition) is 6. The van der Waals surface area contributed by atoms with Gasteiger partial charge in [0.1, 0.15) is 12.4 Å². The summed E-state index contributed by atoms with van der Waals surface area (Å²) >= 11 is 1.57. The molecule has 0 unspecified atom stereocenters. The largest absolute Gasteiger partial charge is 0.487 e. The van der Waals surface area contributed by atoms with Crippen molar-refractivity contribution in [1.29, 1.82) is 0 Å². The molecule has 1 aromatic heterocycles. The van der Waals surface area contributed by atoms with Gasteiger partial charge in [0.25, 0.3) is 5.91 Å². The first-order chi connectivity index (χ1) is 13.9. The third kappa shape index (κ3) is 5.89. The molecule has 1 N–H and O–H groups in total. The normalized spacial score (nSPS) is 11.6. The topological polar surface area (TPSA) is 77.5 Å². The molecule has 0 aliphatic carbocycles. The molecule has 0 fully saturated rings. The van der Waals surface area contributed by atoms with E-state index in [1.54, 1.807) is 47.7 Å². The minimum atomic E-state index is -0.923. The van der Waals surface area contributed by atoms with Crippen molar-refractivity contribution in [2.24, 2.45) is 0 Å². The summed E-state index contributed by atoms with van der Waals surface area (Å²) in [6.07, 6.45) is -0.923. The fourth-order valence-corrected chi connectivity index (χ4v) is 3.08. The Morgan fingerprint density at radius 1 is 1.07 bits per heavy atom. The standard InChI is InChI=1S/C22H22N2O4S/c1-14-4-8-18(9-5-14)24-21(25)15(2)28-22(26)17-6-10-20(11-7-17)27-12-19-13-29-16(3)23-19/h4-11,13,15H,12H2,1-3H3,(H,24,25)/t15-/m0/s1. The van der Waals surface area contributed by atoms with E-state index in [2.05, 4.69) is 10.3 Å². The number of carbonyl (C=O) groups excluding carboxylic acids is 2. The Morgan fingerprint density at radius 3 is 2.38 bits per heavy atom. The van der Waals surface area contributed by atoms with Crippen LogP contribution in [0, 0.1) is 13.8 Å². The molecular weight excluding hydrogens is 388 g/mol. The molecule has 0 spiro atoms. The summed E-state index contributed by atoms with van der Waals surface area (Å²) in [6, 6.07) is 14.0. The maximum Gasteiger partial charge on any atom is 0.338 e. The van der Waals surface area contributed by atoms with Crippen LogP contribution >= 0.6 is 11.3 Å². The van der Waals surface area contributed by atoms with Gasteiger partial charge in [-0.2, -0.15) is 0 Å². The number of aromatic nitrogens is 1. The summed E-state index contributed by atoms with van der Waals surface area (Å²) in [6.45, 7) is 5.81. The summed E-state index contributed by atoms with van der Waals surface area (Å²) in [5, 5.41) is 5.66. The molecule has 1 atom stereocenters. The lowest BCUT2D eigenvalue weighted by atomic mass is 10.2. The van der Waals surface area contributed by atoms with Crippen molar-refractivity contribution in [3.63, 3.8) is 0 Å². The van der Waals surface area contributed by atoms with Gasteiger partial charge in [0, 0.05) is 11.1 Å². The number of amides is 1. The van der Waals surface area contributed by atoms with E-state index in [9.17, 15) is 9.59 Å². The quantitative estimate of drug-likeness (QED) is 0.580. The minimum Gasteiger partial charge on any atom is -0.487 e. The molecular formula is C22H22N2O4S. The minimum absolute atomic E-state index is 0.344. The molecule has 0 saturated carbocycles. The highest BCUT2D eigenvalue weighted by Gasteiger charge is 2.19. The molecule has 29 heavy (non-hydrogen) atoms. The van der Waals surface area contributed by atoms with Gasteiger partial charge in [-0.1, -0.05) is 17.7 Å². The number of esters is 1. The number of nitrogens with one attached hydrogen (secondary N) is 1. The smallest absolute Gasteiger partial charge is 0.338 e. The molecule has 6 nitrogen and oxygen atoms in total. The van der Waals surface area contributed by atoms with Gasteiger partial charge in [0.2, 0.25) is 0 Å². The summed E-state index contributed by atoms with van der Waals surface area (Å²) in [5.74, 6) is -0.337. The number of thiazole rings is 1. The zero-order valence-electron chi connectivity index (χ0n) is 16.5. The van der Waals surface area contributed by atoms with Crippen LogP contribution in [0.2, 0.25) is 0 Å². The monoisotopic (exact) mass is 410 g/mol. The Labute approximate surface area is 173 Å². The highest BCUT2D eigenvalue weighted by molar-refractivity contribution is 7.09. The predicted molar refractivity (Wildman–Crippen MR) is 112 cm³/mol. The molecule has 0 aliphatic heterocycles. The molecule has 150 valence electrons. The SMILES string of the molecule is Cc1ccc(NC(=O)[C@H](C)OC(=O)c2ccc(OCc3csc(C)n3)cc2)cc1. The summed E-state index contributed by atoms with van der Waals surface area (Å²) in [5.41, 5.74) is 2.96. The Kier molecular flexibility index (Phi) is 6.61. The number of nitrogens with zero attached hydrogens (tertiary/aromatic N) is 1. The lowest BCUT2D eigenvalue weighted by molar-refractivity contribution is -0.123. The molecule has 3 aromatic rings. The van der Waals surface area contributed by atoms with E-state index in [-0.39, 0.29) is 5.91 Å². The van der Waals surface area contributed by atoms with Crippen LogP contribution in [0.3, 0.4) is 0 Å². The Hall–Kier alpha value is -3.19. The third-order valence-electron chi connectivity index (χ3n) is 4.12. The number of ether oxygens (including phenoxy) is 2. The van der Waals surface area contributed by atoms with Crippen molar-refractivity contribution in [3.05, 3.63) is 75.7 Å². The second-order valence-electron chi connectivity index (χ2n) is 6.57. The Balaban J connectivity index is 1.51. The van der Waals surface area contributed by atoms with Crippen molar-refractivity contribution in [1.82, 2.24) is 4.98 Å². The van der Waals surface area contributed by atoms with Crippen molar-refractivity contribution < 1.29 is 19.1 Å². The number of carbonyl (C=O) groups is 2. The van der Waals surface area contributed by atoms with E-state index < -0.39 is 12.1 Å². The van der Waals surface area contributed by atoms with Crippen molar-refractivity contribution >= 4 is 28.9 Å². The van der Waals surface area contributed by atoms with Gasteiger partial charge in [0.15, 0.2) is 6.10 Å². The maximum absolute atomic E-state index is 12.3. The Morgan fingerprint density at radius 2 is 1.76 bits per heavy atom. The molecule has 2 aromatic carbocycles. The highest BCUT2D eigenvalue weighted by Crippen LogP contribution is 2.17. The first-order valence-corrected chi connectivity index (χ1v) is 10.0. The molecule has 0 aliphatic rings. The summed E-state index contributed by atoms with van der Waals surface area (Å²) in [7, 11) is 0. The fraction of sp³-hybridized carbons (Fsp3) is 0.227. The number of aryl methyl sites for hydroxylation is 2. The average molecular weight is 410 g/mol. The molecule has 0 radical (unpaired) electrons. The molecule has 0 saturated heterocycles. The zero-order chi connectivity index (χ0) is 20.8. The lowest BCUT2D eigenvalue weighted by Crippen LogP contribution is -2.30. The van der Waals surface area contributed by atoms with Gasteiger partial charge < -0.3 is 14.8 Å². The fourth-order valence-electron chi connectivity index (χ4n) is 2.48. The van der Waals surface area contributed by atoms with Crippen molar-refractivity contribution in [3.8, 4) is 5.75 Å². The second kappa shape index (κ2) is 9.34. The number of anilines is 1. The van der Waals surface area contributed by atoms with Gasteiger partial charge in [-0.25, -0.2) is 9.78 Å². The van der Waals surface area contributed by atoms with Gasteiger partial charge in [-0.3, -0.25) is 4.79 Å². The number of rotatable bonds is 7. The van der Waals surface area contributed by atoms with Crippen LogP contribution in [0.25, 0.3) is 0 Å². The molecule has 1 heterocycles. The molecule has 1 amide bonds. The van der Waals surface area contributed by atoms with Gasteiger partial charge in [-0.05, 0) is 57.2 Å². The Bertz CT molecular complexity index is 981. The van der Waals surface area contributed by atoms with E-state index >= 15 is 0 Å². The first kappa shape index (κ1) is 20.5. The van der Waals surface area contributed by atoms with Crippen LogP contribution < -0.4 is 10.1 Å². The average Bonchev–Trinajstić information content (AvgIpc) is 3.13. The zero-order valence-corrected chi connectivity index (χ0v) is 17.3. The number of hydrogen-bond donors (Lipinski definition) is 1. The van der Waals surface area contributed by atoms with Gasteiger partial charge >= 0.3 is 5.97 Å². The third-order valence-corrected chi connectivity index (χ3v) is 4.94. The van der Waals surface area contributed by atoms with Crippen LogP contribution in [0.4, 0.5) is 5.69 Å². The van der Waals surface area contributed by atoms with Gasteiger partial charge in [0.05, 0.1) is 16.3 Å². The van der Waals surface area contributed by atoms with E-state index in [0.29, 0.717) is 23.6 Å². The molecule has 3 rings (SSSR count). The number of benzene rings is 2. The summed E-state index contributed by atoms with van der Waals surface area (Å²) in [4.78, 5) is 28.9. The predicted octanol–water partition coefficient (Wildman–Crippen LogP) is 4.52. The van der Waals surface area contributed by atoms with Gasteiger partial charge in [-0.15, -0.1) is 11.3 Å². The lowest BCUT2D eigenvalue weighted by Gasteiger charge is -2.14. The molecule has 7 heteroatoms. The van der Waals surface area contributed by atoms with E-state index in [1.807, 2.05) is 31.4 Å². The van der Waals surface area contributed by atoms with Crippen molar-refractivity contribution in [2.75, 3.05) is 5.32 Å². The van der Waals surface area contributed by atoms with Crippen LogP contribution in [0.5, 0.6) is 5.75 Å². The van der Waals surface area contributed by atoms with E-state index in [4.69, 9.17) is 9.47 Å². The van der Waals surface area contributed by atoms with E-state index in [1.165, 1.54) is 6.92 Å².